The Morgan fingerprint density at radius 2 is 1.82 bits per heavy atom. The van der Waals surface area contributed by atoms with E-state index >= 15 is 0 Å². The van der Waals surface area contributed by atoms with Gasteiger partial charge in [0, 0.05) is 38.4 Å². The Morgan fingerprint density at radius 1 is 1.07 bits per heavy atom. The minimum absolute atomic E-state index is 0.0574. The van der Waals surface area contributed by atoms with Gasteiger partial charge in [-0.15, -0.1) is 0 Å². The summed E-state index contributed by atoms with van der Waals surface area (Å²) in [5.41, 5.74) is 0.638. The third-order valence-electron chi connectivity index (χ3n) is 6.39. The van der Waals surface area contributed by atoms with Crippen LogP contribution >= 0.6 is 0 Å². The molecule has 154 valence electrons. The van der Waals surface area contributed by atoms with Gasteiger partial charge < -0.3 is 20.1 Å². The SMILES string of the molecule is O=C(c1ccc(N[C@H]2CCCC[C@@H]2O)nc1)N1CCC(N2CCOCC2)CC1. The fourth-order valence-electron chi connectivity index (χ4n) is 4.63. The van der Waals surface area contributed by atoms with Gasteiger partial charge in [0.1, 0.15) is 5.82 Å². The van der Waals surface area contributed by atoms with Crippen molar-refractivity contribution in [3.63, 3.8) is 0 Å². The van der Waals surface area contributed by atoms with Crippen molar-refractivity contribution in [1.82, 2.24) is 14.8 Å². The van der Waals surface area contributed by atoms with Gasteiger partial charge in [-0.25, -0.2) is 4.98 Å². The van der Waals surface area contributed by atoms with Crippen molar-refractivity contribution in [2.45, 2.75) is 56.7 Å². The van der Waals surface area contributed by atoms with Crippen LogP contribution in [-0.2, 0) is 4.74 Å². The summed E-state index contributed by atoms with van der Waals surface area (Å²) in [6.07, 6.45) is 7.42. The number of likely N-dealkylation sites (tertiary alicyclic amines) is 1. The van der Waals surface area contributed by atoms with Crippen LogP contribution < -0.4 is 5.32 Å². The average Bonchev–Trinajstić information content (AvgIpc) is 2.76. The molecular formula is C21H32N4O3. The summed E-state index contributed by atoms with van der Waals surface area (Å²) in [6.45, 7) is 5.26. The molecule has 3 heterocycles. The summed E-state index contributed by atoms with van der Waals surface area (Å²) < 4.78 is 5.44. The van der Waals surface area contributed by atoms with Gasteiger partial charge in [-0.3, -0.25) is 9.69 Å². The first-order chi connectivity index (χ1) is 13.7. The number of piperidine rings is 1. The van der Waals surface area contributed by atoms with Gasteiger partial charge in [-0.1, -0.05) is 12.8 Å². The van der Waals surface area contributed by atoms with Crippen LogP contribution in [0.15, 0.2) is 18.3 Å². The Morgan fingerprint density at radius 3 is 2.50 bits per heavy atom. The summed E-state index contributed by atoms with van der Waals surface area (Å²) in [5, 5.41) is 13.4. The molecule has 3 fully saturated rings. The first-order valence-electron chi connectivity index (χ1n) is 10.7. The van der Waals surface area contributed by atoms with Crippen LogP contribution in [-0.4, -0.2) is 83.4 Å². The smallest absolute Gasteiger partial charge is 0.255 e. The molecule has 3 aliphatic rings. The number of morpholine rings is 1. The molecule has 7 heteroatoms. The van der Waals surface area contributed by atoms with E-state index in [1.807, 2.05) is 17.0 Å². The summed E-state index contributed by atoms with van der Waals surface area (Å²) in [7, 11) is 0. The van der Waals surface area contributed by atoms with E-state index in [0.29, 0.717) is 11.6 Å². The molecule has 1 aromatic heterocycles. The maximum absolute atomic E-state index is 12.8. The molecule has 0 aromatic carbocycles. The van der Waals surface area contributed by atoms with E-state index in [-0.39, 0.29) is 18.1 Å². The molecule has 2 aliphatic heterocycles. The van der Waals surface area contributed by atoms with E-state index in [1.54, 1.807) is 6.20 Å². The molecule has 4 rings (SSSR count). The molecule has 0 bridgehead atoms. The summed E-state index contributed by atoms with van der Waals surface area (Å²) >= 11 is 0. The van der Waals surface area contributed by atoms with Crippen LogP contribution in [0.2, 0.25) is 0 Å². The first kappa shape index (κ1) is 19.6. The van der Waals surface area contributed by atoms with Crippen LogP contribution in [0.3, 0.4) is 0 Å². The lowest BCUT2D eigenvalue weighted by Crippen LogP contribution is -2.50. The highest BCUT2D eigenvalue weighted by Crippen LogP contribution is 2.22. The molecule has 7 nitrogen and oxygen atoms in total. The molecule has 1 aliphatic carbocycles. The molecule has 0 spiro atoms. The van der Waals surface area contributed by atoms with E-state index in [9.17, 15) is 9.90 Å². The second kappa shape index (κ2) is 9.20. The number of nitrogens with one attached hydrogen (secondary N) is 1. The third kappa shape index (κ3) is 4.64. The number of carbonyl (C=O) groups is 1. The Hall–Kier alpha value is -1.70. The highest BCUT2D eigenvalue weighted by Gasteiger charge is 2.28. The van der Waals surface area contributed by atoms with Gasteiger partial charge in [-0.05, 0) is 37.8 Å². The monoisotopic (exact) mass is 388 g/mol. The predicted molar refractivity (Wildman–Crippen MR) is 107 cm³/mol. The van der Waals surface area contributed by atoms with E-state index in [2.05, 4.69) is 15.2 Å². The molecule has 2 atom stereocenters. The number of aliphatic hydroxyl groups is 1. The number of aliphatic hydroxyl groups excluding tert-OH is 1. The van der Waals surface area contributed by atoms with Gasteiger partial charge in [0.2, 0.25) is 0 Å². The van der Waals surface area contributed by atoms with Gasteiger partial charge in [0.25, 0.3) is 5.91 Å². The van der Waals surface area contributed by atoms with Crippen molar-refractivity contribution < 1.29 is 14.6 Å². The van der Waals surface area contributed by atoms with Gasteiger partial charge >= 0.3 is 0 Å². The van der Waals surface area contributed by atoms with E-state index in [1.165, 1.54) is 0 Å². The summed E-state index contributed by atoms with van der Waals surface area (Å²) in [6, 6.07) is 4.33. The fourth-order valence-corrected chi connectivity index (χ4v) is 4.63. The highest BCUT2D eigenvalue weighted by atomic mass is 16.5. The lowest BCUT2D eigenvalue weighted by molar-refractivity contribution is 0.00158. The number of hydrogen-bond acceptors (Lipinski definition) is 6. The second-order valence-corrected chi connectivity index (χ2v) is 8.21. The zero-order valence-electron chi connectivity index (χ0n) is 16.6. The summed E-state index contributed by atoms with van der Waals surface area (Å²) in [4.78, 5) is 21.7. The number of ether oxygens (including phenoxy) is 1. The lowest BCUT2D eigenvalue weighted by atomic mass is 9.92. The topological polar surface area (TPSA) is 77.9 Å². The Bertz CT molecular complexity index is 640. The number of amides is 1. The highest BCUT2D eigenvalue weighted by molar-refractivity contribution is 5.94. The van der Waals surface area contributed by atoms with Crippen LogP contribution in [0, 0.1) is 0 Å². The number of nitrogens with zero attached hydrogens (tertiary/aromatic N) is 3. The quantitative estimate of drug-likeness (QED) is 0.818. The van der Waals surface area contributed by atoms with Gasteiger partial charge in [0.15, 0.2) is 0 Å². The van der Waals surface area contributed by atoms with Crippen molar-refractivity contribution in [2.75, 3.05) is 44.7 Å². The van der Waals surface area contributed by atoms with Crippen LogP contribution in [0.25, 0.3) is 0 Å². The fraction of sp³-hybridized carbons (Fsp3) is 0.714. The van der Waals surface area contributed by atoms with Gasteiger partial charge in [-0.2, -0.15) is 0 Å². The van der Waals surface area contributed by atoms with Crippen molar-refractivity contribution in [1.29, 1.82) is 0 Å². The third-order valence-corrected chi connectivity index (χ3v) is 6.39. The van der Waals surface area contributed by atoms with E-state index in [0.717, 1.165) is 83.7 Å². The minimum atomic E-state index is -0.315. The standard InChI is InChI=1S/C21H32N4O3/c26-19-4-2-1-3-18(19)23-20-6-5-16(15-22-20)21(27)25-9-7-17(8-10-25)24-11-13-28-14-12-24/h5-6,15,17-19,26H,1-4,7-14H2,(H,22,23)/t18-,19-/m0/s1. The number of hydrogen-bond donors (Lipinski definition) is 2. The van der Waals surface area contributed by atoms with Crippen molar-refractivity contribution in [2.24, 2.45) is 0 Å². The van der Waals surface area contributed by atoms with Gasteiger partial charge in [0.05, 0.1) is 30.9 Å². The number of anilines is 1. The molecule has 0 radical (unpaired) electrons. The normalized spacial score (nSPS) is 27.5. The number of pyridine rings is 1. The zero-order chi connectivity index (χ0) is 19.3. The maximum Gasteiger partial charge on any atom is 0.255 e. The van der Waals surface area contributed by atoms with Crippen molar-refractivity contribution >= 4 is 11.7 Å². The van der Waals surface area contributed by atoms with Crippen LogP contribution in [0.1, 0.15) is 48.9 Å². The lowest BCUT2D eigenvalue weighted by Gasteiger charge is -2.40. The van der Waals surface area contributed by atoms with Crippen molar-refractivity contribution in [3.05, 3.63) is 23.9 Å². The second-order valence-electron chi connectivity index (χ2n) is 8.21. The number of rotatable bonds is 4. The molecule has 2 N–H and O–H groups in total. The predicted octanol–water partition coefficient (Wildman–Crippen LogP) is 1.73. The summed E-state index contributed by atoms with van der Waals surface area (Å²) in [5.74, 6) is 0.797. The molecule has 28 heavy (non-hydrogen) atoms. The number of aromatic nitrogens is 1. The molecule has 0 unspecified atom stereocenters. The zero-order valence-corrected chi connectivity index (χ0v) is 16.6. The Kier molecular flexibility index (Phi) is 6.44. The minimum Gasteiger partial charge on any atom is -0.391 e. The average molecular weight is 389 g/mol. The largest absolute Gasteiger partial charge is 0.391 e. The molecule has 1 aromatic rings. The number of carbonyl (C=O) groups excluding carboxylic acids is 1. The first-order valence-corrected chi connectivity index (χ1v) is 10.7. The molecule has 1 amide bonds. The van der Waals surface area contributed by atoms with Crippen molar-refractivity contribution in [3.8, 4) is 0 Å². The molecule has 2 saturated heterocycles. The van der Waals surface area contributed by atoms with E-state index < -0.39 is 0 Å². The van der Waals surface area contributed by atoms with Crippen LogP contribution in [0.4, 0.5) is 5.82 Å². The molecule has 1 saturated carbocycles. The Labute approximate surface area is 167 Å². The molecular weight excluding hydrogens is 356 g/mol. The Balaban J connectivity index is 1.29. The maximum atomic E-state index is 12.8. The van der Waals surface area contributed by atoms with Crippen LogP contribution in [0.5, 0.6) is 0 Å². The van der Waals surface area contributed by atoms with E-state index in [4.69, 9.17) is 4.74 Å².